The van der Waals surface area contributed by atoms with Crippen LogP contribution in [0.2, 0.25) is 0 Å². The molecule has 0 aromatic heterocycles. The van der Waals surface area contributed by atoms with Crippen molar-refractivity contribution in [2.75, 3.05) is 33.3 Å². The summed E-state index contributed by atoms with van der Waals surface area (Å²) in [6.45, 7) is 0. The lowest BCUT2D eigenvalue weighted by molar-refractivity contribution is -0.119. The number of nitrogens with one attached hydrogen (secondary N) is 1. The van der Waals surface area contributed by atoms with Crippen molar-refractivity contribution in [3.05, 3.63) is 12.1 Å². The van der Waals surface area contributed by atoms with Gasteiger partial charge in [-0.05, 0) is 31.6 Å². The molecule has 1 N–H and O–H groups in total. The molecule has 0 radical (unpaired) electrons. The summed E-state index contributed by atoms with van der Waals surface area (Å²) in [6.07, 6.45) is 5.29. The van der Waals surface area contributed by atoms with Gasteiger partial charge in [0.2, 0.25) is 11.7 Å². The Morgan fingerprint density at radius 1 is 1.08 bits per heavy atom. The highest BCUT2D eigenvalue weighted by Crippen LogP contribution is 2.41. The zero-order valence-corrected chi connectivity index (χ0v) is 16.7. The molecule has 0 saturated carbocycles. The van der Waals surface area contributed by atoms with Crippen LogP contribution in [-0.4, -0.2) is 46.4 Å². The lowest BCUT2D eigenvalue weighted by Gasteiger charge is -2.30. The molecule has 6 nitrogen and oxygen atoms in total. The van der Waals surface area contributed by atoms with E-state index in [1.807, 2.05) is 12.1 Å². The fourth-order valence-corrected chi connectivity index (χ4v) is 4.13. The first-order chi connectivity index (χ1) is 12.0. The number of benzene rings is 1. The zero-order chi connectivity index (χ0) is 18.0. The van der Waals surface area contributed by atoms with Crippen molar-refractivity contribution < 1.29 is 19.0 Å². The molecule has 0 aliphatic carbocycles. The number of amides is 1. The lowest BCUT2D eigenvalue weighted by Crippen LogP contribution is -2.40. The average molecular weight is 385 g/mol. The second-order valence-corrected chi connectivity index (χ2v) is 7.02. The first-order valence-electron chi connectivity index (χ1n) is 8.88. The Morgan fingerprint density at radius 3 is 2.08 bits per heavy atom. The number of carbonyl (C=O) groups is 1. The second-order valence-electron chi connectivity index (χ2n) is 7.02. The van der Waals surface area contributed by atoms with Crippen molar-refractivity contribution in [1.29, 1.82) is 0 Å². The molecule has 146 valence electrons. The fraction of sp³-hybridized carbons (Fsp3) is 0.632. The minimum Gasteiger partial charge on any atom is -0.493 e. The summed E-state index contributed by atoms with van der Waals surface area (Å²) >= 11 is 0. The Morgan fingerprint density at radius 2 is 1.62 bits per heavy atom. The minimum absolute atomic E-state index is 0. The van der Waals surface area contributed by atoms with E-state index in [1.165, 1.54) is 12.8 Å². The van der Waals surface area contributed by atoms with E-state index >= 15 is 0 Å². The first kappa shape index (κ1) is 20.6. The maximum Gasteiger partial charge on any atom is 0.227 e. The predicted molar refractivity (Wildman–Crippen MR) is 104 cm³/mol. The quantitative estimate of drug-likeness (QED) is 0.816. The van der Waals surface area contributed by atoms with Crippen LogP contribution in [-0.2, 0) is 4.79 Å². The van der Waals surface area contributed by atoms with Crippen LogP contribution in [0.1, 0.15) is 32.1 Å². The third-order valence-electron chi connectivity index (χ3n) is 5.44. The van der Waals surface area contributed by atoms with Gasteiger partial charge < -0.3 is 24.4 Å². The molecule has 2 fully saturated rings. The molecule has 2 aliphatic rings. The van der Waals surface area contributed by atoms with Crippen molar-refractivity contribution >= 4 is 24.0 Å². The van der Waals surface area contributed by atoms with E-state index in [9.17, 15) is 4.79 Å². The van der Waals surface area contributed by atoms with Crippen LogP contribution < -0.4 is 24.4 Å². The molecule has 1 aromatic rings. The number of piperidine rings is 1. The molecule has 7 heteroatoms. The summed E-state index contributed by atoms with van der Waals surface area (Å²) < 4.78 is 16.1. The van der Waals surface area contributed by atoms with Crippen LogP contribution in [0.5, 0.6) is 17.2 Å². The van der Waals surface area contributed by atoms with Crippen molar-refractivity contribution in [3.8, 4) is 17.2 Å². The number of rotatable bonds is 6. The van der Waals surface area contributed by atoms with Gasteiger partial charge in [-0.3, -0.25) is 4.79 Å². The second kappa shape index (κ2) is 8.82. The van der Waals surface area contributed by atoms with Gasteiger partial charge in [0, 0.05) is 37.7 Å². The van der Waals surface area contributed by atoms with Crippen molar-refractivity contribution in [1.82, 2.24) is 5.32 Å². The average Bonchev–Trinajstić information content (AvgIpc) is 2.97. The van der Waals surface area contributed by atoms with Crippen molar-refractivity contribution in [2.24, 2.45) is 5.92 Å². The van der Waals surface area contributed by atoms with E-state index in [-0.39, 0.29) is 18.3 Å². The van der Waals surface area contributed by atoms with E-state index in [2.05, 4.69) is 5.32 Å². The van der Waals surface area contributed by atoms with E-state index in [0.717, 1.165) is 18.5 Å². The lowest BCUT2D eigenvalue weighted by atomic mass is 9.89. The number of fused-ring (bicyclic) bond motifs is 2. The number of hydrogen-bond donors (Lipinski definition) is 1. The Balaban J connectivity index is 0.00000243. The van der Waals surface area contributed by atoms with Crippen molar-refractivity contribution in [3.63, 3.8) is 0 Å². The molecule has 2 atom stereocenters. The molecule has 2 unspecified atom stereocenters. The third-order valence-corrected chi connectivity index (χ3v) is 5.44. The summed E-state index contributed by atoms with van der Waals surface area (Å²) in [5.74, 6) is 2.23. The van der Waals surface area contributed by atoms with Gasteiger partial charge in [0.05, 0.1) is 27.0 Å². The predicted octanol–water partition coefficient (Wildman–Crippen LogP) is 3.02. The molecule has 2 heterocycles. The molecule has 1 aromatic carbocycles. The van der Waals surface area contributed by atoms with Gasteiger partial charge in [-0.15, -0.1) is 12.4 Å². The van der Waals surface area contributed by atoms with Gasteiger partial charge in [0.25, 0.3) is 0 Å². The van der Waals surface area contributed by atoms with Gasteiger partial charge in [-0.2, -0.15) is 0 Å². The Hall–Kier alpha value is -1.66. The summed E-state index contributed by atoms with van der Waals surface area (Å²) in [7, 11) is 6.53. The molecule has 2 saturated heterocycles. The number of ether oxygens (including phenoxy) is 3. The maximum atomic E-state index is 12.8. The smallest absolute Gasteiger partial charge is 0.227 e. The number of anilines is 1. The molecular formula is C19H29ClN2O4. The van der Waals surface area contributed by atoms with Gasteiger partial charge in [0.1, 0.15) is 0 Å². The van der Waals surface area contributed by atoms with Gasteiger partial charge in [0.15, 0.2) is 11.5 Å². The molecule has 26 heavy (non-hydrogen) atoms. The first-order valence-corrected chi connectivity index (χ1v) is 8.88. The van der Waals surface area contributed by atoms with E-state index in [1.54, 1.807) is 33.3 Å². The summed E-state index contributed by atoms with van der Waals surface area (Å²) in [6, 6.07) is 4.82. The molecule has 3 rings (SSSR count). The van der Waals surface area contributed by atoms with Crippen molar-refractivity contribution in [2.45, 2.75) is 44.2 Å². The number of hydrogen-bond acceptors (Lipinski definition) is 5. The largest absolute Gasteiger partial charge is 0.493 e. The Bertz CT molecular complexity index is 603. The summed E-state index contributed by atoms with van der Waals surface area (Å²) in [4.78, 5) is 14.5. The fourth-order valence-electron chi connectivity index (χ4n) is 4.13. The van der Waals surface area contributed by atoms with Crippen LogP contribution in [0, 0.1) is 5.92 Å². The van der Waals surface area contributed by atoms with Gasteiger partial charge >= 0.3 is 0 Å². The summed E-state index contributed by atoms with van der Waals surface area (Å²) in [5.41, 5.74) is 0.747. The summed E-state index contributed by atoms with van der Waals surface area (Å²) in [5, 5.41) is 3.63. The number of methoxy groups -OCH3 is 3. The molecule has 0 spiro atoms. The normalized spacial score (nSPS) is 23.8. The number of carbonyl (C=O) groups excluding carboxylic acids is 1. The highest BCUT2D eigenvalue weighted by atomic mass is 35.5. The topological polar surface area (TPSA) is 60.0 Å². The standard InChI is InChI=1S/C19H28N2O4.ClH/c1-21(15-10-16(23-2)19(25-4)17(11-15)24-3)18(22)9-12-7-13-5-6-14(8-12)20-13;/h10-14,20H,5-9H2,1-4H3;1H. The third kappa shape index (κ3) is 4.18. The van der Waals surface area contributed by atoms with Crippen LogP contribution in [0.25, 0.3) is 0 Å². The SMILES string of the molecule is COc1cc(N(C)C(=O)CC2CC3CCC(C2)N3)cc(OC)c1OC.Cl. The Labute approximate surface area is 161 Å². The number of nitrogens with zero attached hydrogens (tertiary/aromatic N) is 1. The van der Waals surface area contributed by atoms with E-state index in [0.29, 0.717) is 41.7 Å². The van der Waals surface area contributed by atoms with Crippen LogP contribution in [0.4, 0.5) is 5.69 Å². The highest BCUT2D eigenvalue weighted by molar-refractivity contribution is 5.93. The molecule has 2 aliphatic heterocycles. The molecular weight excluding hydrogens is 356 g/mol. The Kier molecular flexibility index (Phi) is 7.01. The van der Waals surface area contributed by atoms with E-state index in [4.69, 9.17) is 14.2 Å². The minimum atomic E-state index is 0. The highest BCUT2D eigenvalue weighted by Gasteiger charge is 2.34. The van der Waals surface area contributed by atoms with Gasteiger partial charge in [-0.25, -0.2) is 0 Å². The molecule has 2 bridgehead atoms. The molecule has 1 amide bonds. The van der Waals surface area contributed by atoms with Crippen LogP contribution >= 0.6 is 12.4 Å². The van der Waals surface area contributed by atoms with Crippen LogP contribution in [0.3, 0.4) is 0 Å². The maximum absolute atomic E-state index is 12.8. The van der Waals surface area contributed by atoms with E-state index < -0.39 is 0 Å². The van der Waals surface area contributed by atoms with Gasteiger partial charge in [-0.1, -0.05) is 0 Å². The van der Waals surface area contributed by atoms with Crippen LogP contribution in [0.15, 0.2) is 12.1 Å². The monoisotopic (exact) mass is 384 g/mol. The number of halogens is 1. The zero-order valence-electron chi connectivity index (χ0n) is 15.9.